The van der Waals surface area contributed by atoms with Crippen molar-refractivity contribution in [3.8, 4) is 17.4 Å². The van der Waals surface area contributed by atoms with E-state index < -0.39 is 0 Å². The van der Waals surface area contributed by atoms with E-state index in [1.54, 1.807) is 18.2 Å². The first-order valence-corrected chi connectivity index (χ1v) is 5.21. The molecule has 0 spiro atoms. The molecule has 5 nitrogen and oxygen atoms in total. The van der Waals surface area contributed by atoms with Gasteiger partial charge in [0.25, 0.3) is 5.95 Å². The van der Waals surface area contributed by atoms with E-state index in [1.807, 2.05) is 0 Å². The van der Waals surface area contributed by atoms with Gasteiger partial charge in [-0.1, -0.05) is 0 Å². The van der Waals surface area contributed by atoms with Crippen molar-refractivity contribution < 1.29 is 23.8 Å². The molecule has 0 saturated heterocycles. The van der Waals surface area contributed by atoms with Crippen molar-refractivity contribution in [2.75, 3.05) is 14.2 Å². The highest BCUT2D eigenvalue weighted by Gasteiger charge is 2.18. The van der Waals surface area contributed by atoms with E-state index in [1.165, 1.54) is 26.4 Å². The molecule has 0 unspecified atom stereocenters. The number of hydrogen-bond acceptors (Lipinski definition) is 5. The van der Waals surface area contributed by atoms with Gasteiger partial charge in [0.15, 0.2) is 5.76 Å². The second-order valence-corrected chi connectivity index (χ2v) is 3.53. The van der Waals surface area contributed by atoms with Crippen LogP contribution in [-0.2, 0) is 0 Å². The Bertz CT molecular complexity index is 571. The SMILES string of the molecule is COc1ccc(OC)c(C(=O)c2ccc(O)o2)c1. The summed E-state index contributed by atoms with van der Waals surface area (Å²) in [6, 6.07) is 7.58. The van der Waals surface area contributed by atoms with Gasteiger partial charge in [-0.3, -0.25) is 4.79 Å². The van der Waals surface area contributed by atoms with Crippen LogP contribution >= 0.6 is 0 Å². The minimum Gasteiger partial charge on any atom is -0.497 e. The largest absolute Gasteiger partial charge is 0.497 e. The van der Waals surface area contributed by atoms with Gasteiger partial charge in [0.05, 0.1) is 19.8 Å². The fraction of sp³-hybridized carbons (Fsp3) is 0.154. The summed E-state index contributed by atoms with van der Waals surface area (Å²) in [5, 5.41) is 9.10. The van der Waals surface area contributed by atoms with E-state index in [-0.39, 0.29) is 17.5 Å². The molecule has 0 aliphatic carbocycles. The third kappa shape index (κ3) is 2.15. The quantitative estimate of drug-likeness (QED) is 0.840. The van der Waals surface area contributed by atoms with Crippen LogP contribution in [0.3, 0.4) is 0 Å². The van der Waals surface area contributed by atoms with Gasteiger partial charge in [-0.15, -0.1) is 0 Å². The van der Waals surface area contributed by atoms with Crippen LogP contribution in [0.25, 0.3) is 0 Å². The Morgan fingerprint density at radius 3 is 2.50 bits per heavy atom. The summed E-state index contributed by atoms with van der Waals surface area (Å²) in [6.45, 7) is 0. The van der Waals surface area contributed by atoms with Crippen molar-refractivity contribution in [2.45, 2.75) is 0 Å². The Hall–Kier alpha value is -2.43. The minimum absolute atomic E-state index is 0.0408. The smallest absolute Gasteiger partial charge is 0.282 e. The van der Waals surface area contributed by atoms with Crippen LogP contribution in [0, 0.1) is 0 Å². The molecule has 0 aliphatic heterocycles. The van der Waals surface area contributed by atoms with Gasteiger partial charge >= 0.3 is 0 Å². The molecule has 5 heteroatoms. The topological polar surface area (TPSA) is 68.9 Å². The second-order valence-electron chi connectivity index (χ2n) is 3.53. The Balaban J connectivity index is 2.45. The molecule has 0 saturated carbocycles. The molecule has 1 N–H and O–H groups in total. The summed E-state index contributed by atoms with van der Waals surface area (Å²) in [6.07, 6.45) is 0. The van der Waals surface area contributed by atoms with Crippen molar-refractivity contribution in [1.82, 2.24) is 0 Å². The zero-order chi connectivity index (χ0) is 13.1. The number of furan rings is 1. The van der Waals surface area contributed by atoms with Crippen LogP contribution in [-0.4, -0.2) is 25.1 Å². The Morgan fingerprint density at radius 1 is 1.17 bits per heavy atom. The predicted octanol–water partition coefficient (Wildman–Crippen LogP) is 2.23. The predicted molar refractivity (Wildman–Crippen MR) is 63.4 cm³/mol. The average Bonchev–Trinajstić information content (AvgIpc) is 2.83. The second kappa shape index (κ2) is 4.83. The normalized spacial score (nSPS) is 10.1. The van der Waals surface area contributed by atoms with Crippen molar-refractivity contribution in [2.24, 2.45) is 0 Å². The molecular formula is C13H12O5. The lowest BCUT2D eigenvalue weighted by Gasteiger charge is -2.08. The monoisotopic (exact) mass is 248 g/mol. The standard InChI is InChI=1S/C13H12O5/c1-16-8-3-4-10(17-2)9(7-8)13(15)11-5-6-12(14)18-11/h3-7,14H,1-2H3. The number of ether oxygens (including phenoxy) is 2. The molecule has 0 radical (unpaired) electrons. The number of benzene rings is 1. The molecule has 0 amide bonds. The number of aromatic hydroxyl groups is 1. The van der Waals surface area contributed by atoms with Gasteiger partial charge in [0.1, 0.15) is 11.5 Å². The first kappa shape index (κ1) is 12.0. The summed E-state index contributed by atoms with van der Waals surface area (Å²) < 4.78 is 15.1. The molecule has 18 heavy (non-hydrogen) atoms. The van der Waals surface area contributed by atoms with Crippen LogP contribution in [0.5, 0.6) is 17.4 Å². The zero-order valence-corrected chi connectivity index (χ0v) is 9.97. The summed E-state index contributed by atoms with van der Waals surface area (Å²) in [4.78, 5) is 12.2. The molecular weight excluding hydrogens is 236 g/mol. The van der Waals surface area contributed by atoms with Crippen molar-refractivity contribution >= 4 is 5.78 Å². The maximum Gasteiger partial charge on any atom is 0.282 e. The molecule has 1 heterocycles. The molecule has 1 aromatic carbocycles. The summed E-state index contributed by atoms with van der Waals surface area (Å²) >= 11 is 0. The molecule has 2 aromatic rings. The highest BCUT2D eigenvalue weighted by molar-refractivity contribution is 6.09. The van der Waals surface area contributed by atoms with E-state index in [2.05, 4.69) is 0 Å². The molecule has 94 valence electrons. The number of ketones is 1. The number of methoxy groups -OCH3 is 2. The van der Waals surface area contributed by atoms with Gasteiger partial charge in [0.2, 0.25) is 5.78 Å². The Morgan fingerprint density at radius 2 is 1.94 bits per heavy atom. The summed E-state index contributed by atoms with van der Waals surface area (Å²) in [5.41, 5.74) is 0.311. The zero-order valence-electron chi connectivity index (χ0n) is 9.97. The first-order chi connectivity index (χ1) is 8.65. The van der Waals surface area contributed by atoms with Gasteiger partial charge in [-0.2, -0.15) is 0 Å². The van der Waals surface area contributed by atoms with Gasteiger partial charge in [0, 0.05) is 6.07 Å². The third-order valence-electron chi connectivity index (χ3n) is 2.47. The van der Waals surface area contributed by atoms with Crippen LogP contribution in [0.4, 0.5) is 0 Å². The summed E-state index contributed by atoms with van der Waals surface area (Å²) in [7, 11) is 2.98. The first-order valence-electron chi connectivity index (χ1n) is 5.21. The van der Waals surface area contributed by atoms with Crippen LogP contribution in [0.15, 0.2) is 34.7 Å². The average molecular weight is 248 g/mol. The lowest BCUT2D eigenvalue weighted by molar-refractivity contribution is 0.1000. The van der Waals surface area contributed by atoms with Gasteiger partial charge < -0.3 is 19.0 Å². The fourth-order valence-electron chi connectivity index (χ4n) is 1.57. The van der Waals surface area contributed by atoms with E-state index >= 15 is 0 Å². The Labute approximate surface area is 104 Å². The Kier molecular flexibility index (Phi) is 3.23. The van der Waals surface area contributed by atoms with Crippen molar-refractivity contribution in [1.29, 1.82) is 0 Å². The van der Waals surface area contributed by atoms with Crippen LogP contribution in [0.1, 0.15) is 16.1 Å². The van der Waals surface area contributed by atoms with Crippen LogP contribution < -0.4 is 9.47 Å². The van der Waals surface area contributed by atoms with Crippen molar-refractivity contribution in [3.63, 3.8) is 0 Å². The molecule has 0 fully saturated rings. The van der Waals surface area contributed by atoms with E-state index in [0.29, 0.717) is 17.1 Å². The number of carbonyl (C=O) groups is 1. The fourth-order valence-corrected chi connectivity index (χ4v) is 1.57. The van der Waals surface area contributed by atoms with Crippen molar-refractivity contribution in [3.05, 3.63) is 41.7 Å². The van der Waals surface area contributed by atoms with Gasteiger partial charge in [-0.25, -0.2) is 0 Å². The van der Waals surface area contributed by atoms with E-state index in [4.69, 9.17) is 19.0 Å². The molecule has 0 atom stereocenters. The molecule has 2 rings (SSSR count). The van der Waals surface area contributed by atoms with Gasteiger partial charge in [-0.05, 0) is 24.3 Å². The summed E-state index contributed by atoms with van der Waals surface area (Å²) in [5.74, 6) is 0.303. The van der Waals surface area contributed by atoms with Crippen LogP contribution in [0.2, 0.25) is 0 Å². The minimum atomic E-state index is -0.383. The lowest BCUT2D eigenvalue weighted by atomic mass is 10.1. The maximum atomic E-state index is 12.2. The number of rotatable bonds is 4. The maximum absolute atomic E-state index is 12.2. The highest BCUT2D eigenvalue weighted by atomic mass is 16.5. The third-order valence-corrected chi connectivity index (χ3v) is 2.47. The molecule has 1 aromatic heterocycles. The number of carbonyl (C=O) groups excluding carboxylic acids is 1. The highest BCUT2D eigenvalue weighted by Crippen LogP contribution is 2.27. The molecule has 0 bridgehead atoms. The van der Waals surface area contributed by atoms with E-state index in [9.17, 15) is 4.79 Å². The number of hydrogen-bond donors (Lipinski definition) is 1. The lowest BCUT2D eigenvalue weighted by Crippen LogP contribution is -2.03. The van der Waals surface area contributed by atoms with E-state index in [0.717, 1.165) is 0 Å². The molecule has 0 aliphatic rings.